The van der Waals surface area contributed by atoms with Crippen LogP contribution in [-0.2, 0) is 13.1 Å². The predicted octanol–water partition coefficient (Wildman–Crippen LogP) is 4.16. The van der Waals surface area contributed by atoms with Gasteiger partial charge < -0.3 is 14.8 Å². The number of nitrogens with zero attached hydrogens (tertiary/aromatic N) is 4. The van der Waals surface area contributed by atoms with Gasteiger partial charge in [0.15, 0.2) is 11.6 Å². The van der Waals surface area contributed by atoms with E-state index in [0.717, 1.165) is 74.5 Å². The second-order valence-electron chi connectivity index (χ2n) is 8.61. The van der Waals surface area contributed by atoms with Crippen LogP contribution in [0.2, 0.25) is 0 Å². The average molecular weight is 437 g/mol. The van der Waals surface area contributed by atoms with Gasteiger partial charge in [-0.1, -0.05) is 6.07 Å². The first kappa shape index (κ1) is 20.6. The number of hydrogen-bond donors (Lipinski definition) is 1. The molecule has 1 saturated carbocycles. The maximum Gasteiger partial charge on any atom is 0.268 e. The molecule has 3 aromatic rings. The Labute approximate surface area is 185 Å². The molecule has 0 bridgehead atoms. The van der Waals surface area contributed by atoms with Crippen LogP contribution in [-0.4, -0.2) is 33.5 Å². The molecule has 1 saturated heterocycles. The van der Waals surface area contributed by atoms with E-state index < -0.39 is 11.6 Å². The Morgan fingerprint density at radius 3 is 2.47 bits per heavy atom. The standard InChI is InChI=1S/C24H25F2N5O/c25-20-6-5-17(9-21(20)26)11-27-23(32)22-10-18(15-31(22)14-16-3-4-16)19-12-28-24(29-13-19)30-7-1-2-8-30/h5-6,9-10,12-13,15-16H,1-4,7-8,11,14H2,(H,27,32). The molecule has 6 nitrogen and oxygen atoms in total. The lowest BCUT2D eigenvalue weighted by molar-refractivity contribution is 0.0941. The lowest BCUT2D eigenvalue weighted by atomic mass is 10.2. The quantitative estimate of drug-likeness (QED) is 0.603. The first-order chi connectivity index (χ1) is 15.6. The highest BCUT2D eigenvalue weighted by atomic mass is 19.2. The van der Waals surface area contributed by atoms with E-state index in [0.29, 0.717) is 17.2 Å². The summed E-state index contributed by atoms with van der Waals surface area (Å²) in [5, 5.41) is 2.82. The van der Waals surface area contributed by atoms with Crippen molar-refractivity contribution in [2.45, 2.75) is 38.8 Å². The first-order valence-electron chi connectivity index (χ1n) is 11.1. The monoisotopic (exact) mass is 437 g/mol. The molecular weight excluding hydrogens is 412 g/mol. The largest absolute Gasteiger partial charge is 0.347 e. The van der Waals surface area contributed by atoms with Crippen LogP contribution in [0.3, 0.4) is 0 Å². The number of anilines is 1. The molecule has 1 N–H and O–H groups in total. The predicted molar refractivity (Wildman–Crippen MR) is 117 cm³/mol. The van der Waals surface area contributed by atoms with Crippen molar-refractivity contribution in [2.24, 2.45) is 5.92 Å². The van der Waals surface area contributed by atoms with Crippen molar-refractivity contribution in [3.8, 4) is 11.1 Å². The van der Waals surface area contributed by atoms with Crippen LogP contribution >= 0.6 is 0 Å². The lowest BCUT2D eigenvalue weighted by Gasteiger charge is -2.14. The number of carbonyl (C=O) groups excluding carboxylic acids is 1. The Kier molecular flexibility index (Phi) is 5.59. The van der Waals surface area contributed by atoms with Gasteiger partial charge in [0, 0.05) is 55.9 Å². The number of carbonyl (C=O) groups is 1. The van der Waals surface area contributed by atoms with Crippen LogP contribution in [0.5, 0.6) is 0 Å². The van der Waals surface area contributed by atoms with Crippen molar-refractivity contribution >= 4 is 11.9 Å². The van der Waals surface area contributed by atoms with Crippen molar-refractivity contribution < 1.29 is 13.6 Å². The second kappa shape index (κ2) is 8.68. The normalized spacial score (nSPS) is 15.9. The number of amides is 1. The van der Waals surface area contributed by atoms with Gasteiger partial charge in [-0.3, -0.25) is 4.79 Å². The third-order valence-electron chi connectivity index (χ3n) is 6.08. The molecule has 0 spiro atoms. The van der Waals surface area contributed by atoms with Gasteiger partial charge in [0.25, 0.3) is 5.91 Å². The second-order valence-corrected chi connectivity index (χ2v) is 8.61. The first-order valence-corrected chi connectivity index (χ1v) is 11.1. The zero-order valence-electron chi connectivity index (χ0n) is 17.7. The van der Waals surface area contributed by atoms with Gasteiger partial charge in [0.1, 0.15) is 5.69 Å². The number of halogens is 2. The molecule has 2 aromatic heterocycles. The molecule has 5 rings (SSSR count). The van der Waals surface area contributed by atoms with Crippen molar-refractivity contribution in [3.05, 3.63) is 65.7 Å². The summed E-state index contributed by atoms with van der Waals surface area (Å²) < 4.78 is 28.6. The molecule has 1 amide bonds. The van der Waals surface area contributed by atoms with E-state index in [1.807, 2.05) is 16.8 Å². The van der Waals surface area contributed by atoms with Crippen LogP contribution < -0.4 is 10.2 Å². The third-order valence-corrected chi connectivity index (χ3v) is 6.08. The van der Waals surface area contributed by atoms with E-state index in [1.54, 1.807) is 12.4 Å². The topological polar surface area (TPSA) is 63.1 Å². The number of aromatic nitrogens is 3. The summed E-state index contributed by atoms with van der Waals surface area (Å²) in [6, 6.07) is 5.48. The van der Waals surface area contributed by atoms with Crippen molar-refractivity contribution in [1.29, 1.82) is 0 Å². The molecule has 1 aliphatic carbocycles. The molecule has 1 aliphatic heterocycles. The summed E-state index contributed by atoms with van der Waals surface area (Å²) >= 11 is 0. The molecule has 32 heavy (non-hydrogen) atoms. The number of benzene rings is 1. The molecule has 8 heteroatoms. The minimum Gasteiger partial charge on any atom is -0.347 e. The van der Waals surface area contributed by atoms with E-state index in [4.69, 9.17) is 0 Å². The van der Waals surface area contributed by atoms with Crippen molar-refractivity contribution in [2.75, 3.05) is 18.0 Å². The summed E-state index contributed by atoms with van der Waals surface area (Å²) in [5.74, 6) is -0.749. The van der Waals surface area contributed by atoms with Gasteiger partial charge >= 0.3 is 0 Å². The van der Waals surface area contributed by atoms with E-state index >= 15 is 0 Å². The molecule has 2 aliphatic rings. The Balaban J connectivity index is 1.34. The molecular formula is C24H25F2N5O. The van der Waals surface area contributed by atoms with Gasteiger partial charge in [-0.05, 0) is 55.4 Å². The van der Waals surface area contributed by atoms with Crippen LogP contribution in [0.25, 0.3) is 11.1 Å². The van der Waals surface area contributed by atoms with Crippen LogP contribution in [0.15, 0.2) is 42.9 Å². The molecule has 0 radical (unpaired) electrons. The summed E-state index contributed by atoms with van der Waals surface area (Å²) in [6.07, 6.45) is 10.2. The zero-order chi connectivity index (χ0) is 22.1. The Bertz CT molecular complexity index is 1120. The molecule has 0 unspecified atom stereocenters. The highest BCUT2D eigenvalue weighted by Crippen LogP contribution is 2.32. The summed E-state index contributed by atoms with van der Waals surface area (Å²) in [7, 11) is 0. The van der Waals surface area contributed by atoms with Gasteiger partial charge in [-0.25, -0.2) is 18.7 Å². The van der Waals surface area contributed by atoms with Gasteiger partial charge in [0.05, 0.1) is 0 Å². The minimum absolute atomic E-state index is 0.119. The number of hydrogen-bond acceptors (Lipinski definition) is 4. The number of nitrogens with one attached hydrogen (secondary N) is 1. The summed E-state index contributed by atoms with van der Waals surface area (Å²) in [5.41, 5.74) is 2.79. The SMILES string of the molecule is O=C(NCc1ccc(F)c(F)c1)c1cc(-c2cnc(N3CCCC3)nc2)cn1CC1CC1. The smallest absolute Gasteiger partial charge is 0.268 e. The minimum atomic E-state index is -0.923. The summed E-state index contributed by atoms with van der Waals surface area (Å²) in [4.78, 5) is 24.2. The van der Waals surface area contributed by atoms with Gasteiger partial charge in [-0.15, -0.1) is 0 Å². The van der Waals surface area contributed by atoms with E-state index in [9.17, 15) is 13.6 Å². The highest BCUT2D eigenvalue weighted by molar-refractivity contribution is 5.94. The maximum atomic E-state index is 13.5. The summed E-state index contributed by atoms with van der Waals surface area (Å²) in [6.45, 7) is 2.87. The van der Waals surface area contributed by atoms with E-state index in [1.165, 1.54) is 6.07 Å². The lowest BCUT2D eigenvalue weighted by Crippen LogP contribution is -2.25. The molecule has 1 aromatic carbocycles. The third kappa shape index (κ3) is 4.49. The fourth-order valence-corrected chi connectivity index (χ4v) is 4.06. The fourth-order valence-electron chi connectivity index (χ4n) is 4.06. The van der Waals surface area contributed by atoms with Gasteiger partial charge in [0.2, 0.25) is 5.95 Å². The van der Waals surface area contributed by atoms with Crippen molar-refractivity contribution in [3.63, 3.8) is 0 Å². The molecule has 166 valence electrons. The Morgan fingerprint density at radius 1 is 1.03 bits per heavy atom. The Morgan fingerprint density at radius 2 is 1.78 bits per heavy atom. The molecule has 3 heterocycles. The van der Waals surface area contributed by atoms with Crippen LogP contribution in [0.1, 0.15) is 41.7 Å². The highest BCUT2D eigenvalue weighted by Gasteiger charge is 2.25. The fraction of sp³-hybridized carbons (Fsp3) is 0.375. The maximum absolute atomic E-state index is 13.5. The molecule has 2 fully saturated rings. The van der Waals surface area contributed by atoms with Crippen LogP contribution in [0.4, 0.5) is 14.7 Å². The average Bonchev–Trinajstić information content (AvgIpc) is 3.27. The Hall–Kier alpha value is -3.29. The van der Waals surface area contributed by atoms with Crippen molar-refractivity contribution in [1.82, 2.24) is 19.9 Å². The van der Waals surface area contributed by atoms with E-state index in [2.05, 4.69) is 20.2 Å². The molecule has 0 atom stereocenters. The van der Waals surface area contributed by atoms with E-state index in [-0.39, 0.29) is 12.5 Å². The number of rotatable bonds is 7. The van der Waals surface area contributed by atoms with Gasteiger partial charge in [-0.2, -0.15) is 0 Å². The van der Waals surface area contributed by atoms with Crippen LogP contribution in [0, 0.1) is 17.6 Å². The zero-order valence-corrected chi connectivity index (χ0v) is 17.7.